The van der Waals surface area contributed by atoms with Crippen LogP contribution in [0.5, 0.6) is 5.88 Å². The van der Waals surface area contributed by atoms with Crippen LogP contribution >= 0.6 is 11.6 Å². The third-order valence-electron chi connectivity index (χ3n) is 5.60. The standard InChI is InChI=1S/C26H27ClFN3O5S.K/c1-15(2)20-11-17(28)12-21(16-8-9-29-25(10-16)36-5)22(20)14-24(32)30-37(34,35)18-6-7-19(23(27)13-18)26(33)31(3)4;/h6-13,15H,14H2,1-5H3,(H,30,32);. The molecule has 0 fully saturated rings. The number of sulfonamides is 1. The van der Waals surface area contributed by atoms with E-state index in [9.17, 15) is 22.4 Å². The molecule has 2 amide bonds. The average molecular weight is 587 g/mol. The predicted octanol–water partition coefficient (Wildman–Crippen LogP) is 4.04. The Hall–Kier alpha value is -1.86. The molecule has 0 spiro atoms. The van der Waals surface area contributed by atoms with Crippen molar-refractivity contribution in [2.45, 2.75) is 31.1 Å². The van der Waals surface area contributed by atoms with Crippen LogP contribution in [0.2, 0.25) is 5.02 Å². The van der Waals surface area contributed by atoms with Gasteiger partial charge >= 0.3 is 0 Å². The van der Waals surface area contributed by atoms with E-state index in [0.717, 1.165) is 6.07 Å². The minimum absolute atomic E-state index is 0. The summed E-state index contributed by atoms with van der Waals surface area (Å²) in [5.74, 6) is -1.55. The van der Waals surface area contributed by atoms with E-state index in [1.807, 2.05) is 13.8 Å². The Balaban J connectivity index is 0.00000507. The number of nitrogens with one attached hydrogen (secondary N) is 1. The van der Waals surface area contributed by atoms with Crippen molar-refractivity contribution in [2.75, 3.05) is 21.2 Å². The molecule has 38 heavy (non-hydrogen) atoms. The van der Waals surface area contributed by atoms with Crippen LogP contribution in [-0.2, 0) is 21.2 Å². The van der Waals surface area contributed by atoms with Gasteiger partial charge in [-0.15, -0.1) is 0 Å². The number of pyridine rings is 1. The van der Waals surface area contributed by atoms with Crippen molar-refractivity contribution in [3.8, 4) is 17.0 Å². The van der Waals surface area contributed by atoms with E-state index in [0.29, 0.717) is 28.1 Å². The molecule has 1 aromatic heterocycles. The maximum absolute atomic E-state index is 14.6. The van der Waals surface area contributed by atoms with E-state index in [4.69, 9.17) is 16.3 Å². The summed E-state index contributed by atoms with van der Waals surface area (Å²) in [5, 5.41) is -0.0661. The summed E-state index contributed by atoms with van der Waals surface area (Å²) in [7, 11) is 0.228. The van der Waals surface area contributed by atoms with E-state index >= 15 is 0 Å². The van der Waals surface area contributed by atoms with Crippen molar-refractivity contribution in [2.24, 2.45) is 0 Å². The van der Waals surface area contributed by atoms with Crippen molar-refractivity contribution < 1.29 is 27.1 Å². The molecule has 12 heteroatoms. The molecule has 3 aromatic rings. The molecule has 0 aliphatic carbocycles. The number of nitrogens with zero attached hydrogens (tertiary/aromatic N) is 2. The summed E-state index contributed by atoms with van der Waals surface area (Å²) in [6.45, 7) is 3.70. The fourth-order valence-electron chi connectivity index (χ4n) is 3.80. The van der Waals surface area contributed by atoms with Gasteiger partial charge in [0.2, 0.25) is 11.8 Å². The number of hydrogen-bond donors (Lipinski definition) is 1. The number of carbonyl (C=O) groups excluding carboxylic acids is 2. The minimum atomic E-state index is -4.31. The summed E-state index contributed by atoms with van der Waals surface area (Å²) in [5.41, 5.74) is 2.15. The molecular formula is C26H27ClFKN3O5S. The Kier molecular flexibility index (Phi) is 11.5. The van der Waals surface area contributed by atoms with Gasteiger partial charge in [0.05, 0.1) is 29.0 Å². The van der Waals surface area contributed by atoms with Gasteiger partial charge in [-0.3, -0.25) is 9.59 Å². The normalized spacial score (nSPS) is 11.1. The minimum Gasteiger partial charge on any atom is -0.481 e. The largest absolute Gasteiger partial charge is 0.481 e. The number of methoxy groups -OCH3 is 1. The second-order valence-electron chi connectivity index (χ2n) is 8.81. The first-order valence-corrected chi connectivity index (χ1v) is 13.1. The Morgan fingerprint density at radius 1 is 1.13 bits per heavy atom. The molecule has 0 saturated carbocycles. The van der Waals surface area contributed by atoms with Gasteiger partial charge < -0.3 is 9.64 Å². The maximum atomic E-state index is 14.6. The van der Waals surface area contributed by atoms with Gasteiger partial charge in [-0.2, -0.15) is 0 Å². The molecule has 2 aromatic carbocycles. The summed E-state index contributed by atoms with van der Waals surface area (Å²) in [4.78, 5) is 30.3. The van der Waals surface area contributed by atoms with E-state index in [1.54, 1.807) is 26.2 Å². The zero-order valence-electron chi connectivity index (χ0n) is 22.0. The Bertz CT molecular complexity index is 1470. The third kappa shape index (κ3) is 7.62. The SMILES string of the molecule is COc1cc(-c2cc(F)cc(C(C)C)c2CC(=O)NS(=O)(=O)c2ccc(C(=O)N(C)C)c(Cl)c2)ccn1.[K]. The van der Waals surface area contributed by atoms with Crippen molar-refractivity contribution in [1.29, 1.82) is 0 Å². The fraction of sp³-hybridized carbons (Fsp3) is 0.269. The summed E-state index contributed by atoms with van der Waals surface area (Å²) in [6, 6.07) is 9.48. The molecule has 0 aliphatic heterocycles. The van der Waals surface area contributed by atoms with Crippen molar-refractivity contribution in [3.63, 3.8) is 0 Å². The Morgan fingerprint density at radius 3 is 2.39 bits per heavy atom. The first kappa shape index (κ1) is 32.3. The first-order valence-electron chi connectivity index (χ1n) is 11.2. The van der Waals surface area contributed by atoms with E-state index in [2.05, 4.69) is 9.71 Å². The van der Waals surface area contributed by atoms with Gasteiger partial charge in [0.25, 0.3) is 15.9 Å². The van der Waals surface area contributed by atoms with E-state index < -0.39 is 27.7 Å². The molecule has 3 rings (SSSR count). The smallest absolute Gasteiger partial charge is 0.264 e. The monoisotopic (exact) mass is 586 g/mol. The number of rotatable bonds is 8. The Morgan fingerprint density at radius 2 is 1.82 bits per heavy atom. The number of benzene rings is 2. The number of halogens is 2. The van der Waals surface area contributed by atoms with Crippen molar-refractivity contribution in [1.82, 2.24) is 14.6 Å². The van der Waals surface area contributed by atoms with Crippen LogP contribution in [0.15, 0.2) is 53.6 Å². The molecule has 1 radical (unpaired) electrons. The molecule has 0 atom stereocenters. The van der Waals surface area contributed by atoms with Gasteiger partial charge in [-0.25, -0.2) is 22.5 Å². The topological polar surface area (TPSA) is 106 Å². The molecular weight excluding hydrogens is 560 g/mol. The van der Waals surface area contributed by atoms with Crippen molar-refractivity contribution in [3.05, 3.63) is 76.2 Å². The molecule has 197 valence electrons. The van der Waals surface area contributed by atoms with Gasteiger partial charge in [0, 0.05) is 77.7 Å². The van der Waals surface area contributed by atoms with Crippen LogP contribution in [-0.4, -0.2) is 103 Å². The molecule has 0 unspecified atom stereocenters. The first-order chi connectivity index (χ1) is 17.3. The van der Waals surface area contributed by atoms with Gasteiger partial charge in [0.15, 0.2) is 0 Å². The second kappa shape index (κ2) is 13.5. The van der Waals surface area contributed by atoms with E-state index in [1.165, 1.54) is 42.5 Å². The molecule has 0 bridgehead atoms. The third-order valence-corrected chi connectivity index (χ3v) is 7.28. The Labute approximate surface area is 269 Å². The number of amides is 2. The maximum Gasteiger partial charge on any atom is 0.264 e. The van der Waals surface area contributed by atoms with Crippen LogP contribution in [0.1, 0.15) is 41.3 Å². The van der Waals surface area contributed by atoms with E-state index in [-0.39, 0.29) is 79.2 Å². The van der Waals surface area contributed by atoms with Crippen LogP contribution in [0.3, 0.4) is 0 Å². The number of carbonyl (C=O) groups is 2. The van der Waals surface area contributed by atoms with Crippen LogP contribution in [0.25, 0.3) is 11.1 Å². The summed E-state index contributed by atoms with van der Waals surface area (Å²) < 4.78 is 47.7. The zero-order chi connectivity index (χ0) is 27.5. The molecule has 1 heterocycles. The molecule has 1 N–H and O–H groups in total. The van der Waals surface area contributed by atoms with Gasteiger partial charge in [-0.1, -0.05) is 25.4 Å². The number of hydrogen-bond acceptors (Lipinski definition) is 6. The van der Waals surface area contributed by atoms with Gasteiger partial charge in [0.1, 0.15) is 5.82 Å². The zero-order valence-corrected chi connectivity index (χ0v) is 26.7. The molecule has 0 aliphatic rings. The second-order valence-corrected chi connectivity index (χ2v) is 10.9. The van der Waals surface area contributed by atoms with Gasteiger partial charge in [-0.05, 0) is 64.6 Å². The van der Waals surface area contributed by atoms with Crippen LogP contribution in [0, 0.1) is 5.82 Å². The number of ether oxygens (including phenoxy) is 1. The molecule has 8 nitrogen and oxygen atoms in total. The molecule has 0 saturated heterocycles. The summed E-state index contributed by atoms with van der Waals surface area (Å²) >= 11 is 6.15. The fourth-order valence-corrected chi connectivity index (χ4v) is 5.14. The quantitative estimate of drug-likeness (QED) is 0.399. The average Bonchev–Trinajstić information content (AvgIpc) is 2.83. The predicted molar refractivity (Wildman–Crippen MR) is 145 cm³/mol. The summed E-state index contributed by atoms with van der Waals surface area (Å²) in [6.07, 6.45) is 1.16. The van der Waals surface area contributed by atoms with Crippen LogP contribution in [0.4, 0.5) is 4.39 Å². The van der Waals surface area contributed by atoms with Crippen LogP contribution < -0.4 is 9.46 Å². The van der Waals surface area contributed by atoms with Crippen molar-refractivity contribution >= 4 is 84.8 Å². The number of aromatic nitrogens is 1.